The summed E-state index contributed by atoms with van der Waals surface area (Å²) in [5.41, 5.74) is -0.432. The molecule has 0 atom stereocenters. The van der Waals surface area contributed by atoms with Crippen LogP contribution in [0.2, 0.25) is 0 Å². The predicted octanol–water partition coefficient (Wildman–Crippen LogP) is 0.171. The molecule has 18 heavy (non-hydrogen) atoms. The maximum absolute atomic E-state index is 11.0. The van der Waals surface area contributed by atoms with Crippen molar-refractivity contribution >= 4 is 35.7 Å². The minimum Gasteiger partial charge on any atom is -0.476 e. The Morgan fingerprint density at radius 3 is 3.11 bits per heavy atom. The summed E-state index contributed by atoms with van der Waals surface area (Å²) in [6.07, 6.45) is 3.51. The highest BCUT2D eigenvalue weighted by Crippen LogP contribution is 2.03. The number of nitrogens with one attached hydrogen (secondary N) is 1. The third-order valence-electron chi connectivity index (χ3n) is 1.60. The summed E-state index contributed by atoms with van der Waals surface area (Å²) in [5.74, 6) is -1.08. The summed E-state index contributed by atoms with van der Waals surface area (Å²) < 4.78 is 0. The van der Waals surface area contributed by atoms with Gasteiger partial charge in [-0.25, -0.2) is 14.8 Å². The van der Waals surface area contributed by atoms with Gasteiger partial charge in [-0.15, -0.1) is 11.8 Å². The molecule has 0 bridgehead atoms. The Kier molecular flexibility index (Phi) is 5.58. The molecular weight excluding hydrogens is 260 g/mol. The van der Waals surface area contributed by atoms with Crippen LogP contribution in [0, 0.1) is 0 Å². The number of hydrogen-bond acceptors (Lipinski definition) is 7. The number of oxime groups is 1. The standard InChI is InChI=1S/C9H10N4O4S/c1-18-5-17-13-7(9(15)16)8-10-3-2-6(12-8)11-4-14/h2-4H,5H2,1H3,(H,15,16)(H,10,11,12,14). The van der Waals surface area contributed by atoms with E-state index in [1.54, 1.807) is 6.26 Å². The van der Waals surface area contributed by atoms with Crippen LogP contribution in [0.15, 0.2) is 17.4 Å². The molecule has 8 nitrogen and oxygen atoms in total. The first kappa shape index (κ1) is 13.9. The Morgan fingerprint density at radius 1 is 1.72 bits per heavy atom. The van der Waals surface area contributed by atoms with Gasteiger partial charge in [0.25, 0.3) is 0 Å². The normalized spacial score (nSPS) is 10.8. The van der Waals surface area contributed by atoms with Crippen molar-refractivity contribution < 1.29 is 19.5 Å². The second kappa shape index (κ2) is 7.22. The number of nitrogens with zero attached hydrogens (tertiary/aromatic N) is 3. The number of amides is 1. The van der Waals surface area contributed by atoms with E-state index in [-0.39, 0.29) is 17.6 Å². The lowest BCUT2D eigenvalue weighted by molar-refractivity contribution is -0.129. The second-order valence-corrected chi connectivity index (χ2v) is 3.62. The van der Waals surface area contributed by atoms with Crippen molar-refractivity contribution in [3.8, 4) is 0 Å². The first-order valence-corrected chi connectivity index (χ1v) is 6.04. The van der Waals surface area contributed by atoms with Gasteiger partial charge in [-0.3, -0.25) is 4.79 Å². The van der Waals surface area contributed by atoms with Crippen LogP contribution >= 0.6 is 11.8 Å². The molecule has 0 radical (unpaired) electrons. The van der Waals surface area contributed by atoms with E-state index in [9.17, 15) is 9.59 Å². The topological polar surface area (TPSA) is 114 Å². The number of carbonyl (C=O) groups is 2. The molecule has 0 aliphatic heterocycles. The van der Waals surface area contributed by atoms with E-state index in [1.165, 1.54) is 24.0 Å². The summed E-state index contributed by atoms with van der Waals surface area (Å²) >= 11 is 1.34. The number of aliphatic carboxylic acids is 1. The van der Waals surface area contributed by atoms with Gasteiger partial charge in [0.05, 0.1) is 0 Å². The van der Waals surface area contributed by atoms with Gasteiger partial charge in [0.1, 0.15) is 5.82 Å². The van der Waals surface area contributed by atoms with Crippen molar-refractivity contribution in [3.05, 3.63) is 18.1 Å². The smallest absolute Gasteiger partial charge is 0.361 e. The van der Waals surface area contributed by atoms with E-state index < -0.39 is 11.7 Å². The third-order valence-corrected chi connectivity index (χ3v) is 1.94. The molecule has 1 rings (SSSR count). The van der Waals surface area contributed by atoms with Crippen LogP contribution in [0.1, 0.15) is 5.82 Å². The highest BCUT2D eigenvalue weighted by atomic mass is 32.2. The Labute approximate surface area is 106 Å². The SMILES string of the molecule is CSCON=C(C(=O)O)c1nccc(NC=O)n1. The minimum absolute atomic E-state index is 0.143. The number of thioether (sulfide) groups is 1. The fourth-order valence-electron chi connectivity index (χ4n) is 0.933. The number of hydrogen-bond donors (Lipinski definition) is 2. The van der Waals surface area contributed by atoms with Gasteiger partial charge in [-0.2, -0.15) is 0 Å². The average molecular weight is 270 g/mol. The molecule has 0 saturated heterocycles. The zero-order chi connectivity index (χ0) is 13.4. The number of carbonyl (C=O) groups excluding carboxylic acids is 1. The molecule has 0 fully saturated rings. The molecule has 1 aromatic heterocycles. The Hall–Kier alpha value is -2.16. The first-order chi connectivity index (χ1) is 8.69. The molecule has 0 saturated carbocycles. The molecule has 0 aliphatic carbocycles. The van der Waals surface area contributed by atoms with Gasteiger partial charge in [0.15, 0.2) is 11.8 Å². The van der Waals surface area contributed by atoms with Crippen LogP contribution < -0.4 is 5.32 Å². The predicted molar refractivity (Wildman–Crippen MR) is 65.4 cm³/mol. The lowest BCUT2D eigenvalue weighted by atomic mass is 10.3. The van der Waals surface area contributed by atoms with E-state index in [2.05, 4.69) is 20.4 Å². The van der Waals surface area contributed by atoms with E-state index in [0.29, 0.717) is 6.41 Å². The van der Waals surface area contributed by atoms with Crippen molar-refractivity contribution in [1.82, 2.24) is 9.97 Å². The van der Waals surface area contributed by atoms with Crippen LogP contribution in [0.5, 0.6) is 0 Å². The van der Waals surface area contributed by atoms with Crippen LogP contribution in [-0.2, 0) is 14.4 Å². The maximum Gasteiger partial charge on any atom is 0.361 e. The quantitative estimate of drug-likeness (QED) is 0.239. The second-order valence-electron chi connectivity index (χ2n) is 2.81. The first-order valence-electron chi connectivity index (χ1n) is 4.64. The molecule has 96 valence electrons. The van der Waals surface area contributed by atoms with Crippen molar-refractivity contribution in [1.29, 1.82) is 0 Å². The highest BCUT2D eigenvalue weighted by molar-refractivity contribution is 7.98. The highest BCUT2D eigenvalue weighted by Gasteiger charge is 2.17. The van der Waals surface area contributed by atoms with Crippen LogP contribution in [0.3, 0.4) is 0 Å². The Bertz CT molecular complexity index is 466. The fourth-order valence-corrected chi connectivity index (χ4v) is 1.09. The maximum atomic E-state index is 11.0. The third kappa shape index (κ3) is 4.01. The molecule has 1 aromatic rings. The van der Waals surface area contributed by atoms with E-state index in [1.807, 2.05) is 0 Å². The number of rotatable bonds is 7. The zero-order valence-electron chi connectivity index (χ0n) is 9.36. The number of anilines is 1. The summed E-state index contributed by atoms with van der Waals surface area (Å²) in [6.45, 7) is 0. The molecule has 1 heterocycles. The molecular formula is C9H10N4O4S. The van der Waals surface area contributed by atoms with E-state index in [4.69, 9.17) is 9.94 Å². The van der Waals surface area contributed by atoms with Gasteiger partial charge < -0.3 is 15.3 Å². The Morgan fingerprint density at radius 2 is 2.50 bits per heavy atom. The molecule has 0 unspecified atom stereocenters. The average Bonchev–Trinajstić information content (AvgIpc) is 2.35. The van der Waals surface area contributed by atoms with Crippen LogP contribution in [0.25, 0.3) is 0 Å². The molecule has 2 N–H and O–H groups in total. The largest absolute Gasteiger partial charge is 0.476 e. The van der Waals surface area contributed by atoms with Gasteiger partial charge in [-0.1, -0.05) is 5.16 Å². The molecule has 0 aromatic carbocycles. The minimum atomic E-state index is -1.32. The van der Waals surface area contributed by atoms with Crippen LogP contribution in [0.4, 0.5) is 5.82 Å². The van der Waals surface area contributed by atoms with Crippen molar-refractivity contribution in [2.75, 3.05) is 17.5 Å². The zero-order valence-corrected chi connectivity index (χ0v) is 10.2. The number of aromatic nitrogens is 2. The summed E-state index contributed by atoms with van der Waals surface area (Å²) in [5, 5.41) is 14.7. The summed E-state index contributed by atoms with van der Waals surface area (Å²) in [6, 6.07) is 1.42. The summed E-state index contributed by atoms with van der Waals surface area (Å²) in [4.78, 5) is 33.6. The van der Waals surface area contributed by atoms with Crippen molar-refractivity contribution in [2.45, 2.75) is 0 Å². The molecule has 9 heteroatoms. The van der Waals surface area contributed by atoms with E-state index >= 15 is 0 Å². The van der Waals surface area contributed by atoms with E-state index in [0.717, 1.165) is 0 Å². The van der Waals surface area contributed by atoms with Gasteiger partial charge in [0, 0.05) is 6.20 Å². The van der Waals surface area contributed by atoms with Gasteiger partial charge in [0.2, 0.25) is 12.1 Å². The lowest BCUT2D eigenvalue weighted by Crippen LogP contribution is -2.19. The Balaban J connectivity index is 2.98. The monoisotopic (exact) mass is 270 g/mol. The van der Waals surface area contributed by atoms with Crippen molar-refractivity contribution in [2.24, 2.45) is 5.16 Å². The van der Waals surface area contributed by atoms with Gasteiger partial charge in [-0.05, 0) is 12.3 Å². The lowest BCUT2D eigenvalue weighted by Gasteiger charge is -2.02. The fraction of sp³-hybridized carbons (Fsp3) is 0.222. The molecule has 0 aliphatic rings. The number of carboxylic acid groups (broad SMARTS) is 1. The van der Waals surface area contributed by atoms with Gasteiger partial charge >= 0.3 is 5.97 Å². The molecule has 0 spiro atoms. The number of carboxylic acids is 1. The van der Waals surface area contributed by atoms with Crippen LogP contribution in [-0.4, -0.2) is 45.4 Å². The molecule has 1 amide bonds. The van der Waals surface area contributed by atoms with Crippen molar-refractivity contribution in [3.63, 3.8) is 0 Å². The summed E-state index contributed by atoms with van der Waals surface area (Å²) in [7, 11) is 0.